The van der Waals surface area contributed by atoms with Gasteiger partial charge >= 0.3 is 5.69 Å². The molecule has 0 aliphatic heterocycles. The van der Waals surface area contributed by atoms with Crippen LogP contribution in [0.5, 0.6) is 0 Å². The van der Waals surface area contributed by atoms with Gasteiger partial charge in [-0.15, -0.1) is 11.3 Å². The van der Waals surface area contributed by atoms with Crippen LogP contribution < -0.4 is 0 Å². The maximum absolute atomic E-state index is 12.4. The lowest BCUT2D eigenvalue weighted by Gasteiger charge is -2.20. The van der Waals surface area contributed by atoms with Crippen molar-refractivity contribution in [1.29, 1.82) is 0 Å². The molecular weight excluding hydrogens is 294 g/mol. The molecule has 2 aromatic rings. The highest BCUT2D eigenvalue weighted by molar-refractivity contribution is 7.09. The number of carbonyl (C=O) groups excluding carboxylic acids is 1. The van der Waals surface area contributed by atoms with Gasteiger partial charge in [0, 0.05) is 38.1 Å². The Hall–Kier alpha value is -2.29. The molecule has 1 amide bonds. The predicted molar refractivity (Wildman–Crippen MR) is 77.4 cm³/mol. The van der Waals surface area contributed by atoms with Gasteiger partial charge in [-0.2, -0.15) is 5.10 Å². The highest BCUT2D eigenvalue weighted by Crippen LogP contribution is 2.22. The first-order valence-electron chi connectivity index (χ1n) is 6.23. The van der Waals surface area contributed by atoms with Crippen LogP contribution in [0.4, 0.5) is 5.69 Å². The van der Waals surface area contributed by atoms with Gasteiger partial charge in [-0.05, 0) is 0 Å². The molecule has 9 heteroatoms. The molecule has 2 heterocycles. The molecule has 0 spiro atoms. The molecule has 0 fully saturated rings. The Kier molecular flexibility index (Phi) is 4.32. The third-order valence-corrected chi connectivity index (χ3v) is 4.09. The largest absolute Gasteiger partial charge is 0.339 e. The van der Waals surface area contributed by atoms with E-state index in [0.717, 1.165) is 11.2 Å². The first kappa shape index (κ1) is 15.1. The smallest absolute Gasteiger partial charge is 0.320 e. The Labute approximate surface area is 125 Å². The molecule has 0 saturated heterocycles. The summed E-state index contributed by atoms with van der Waals surface area (Å²) in [5, 5.41) is 17.5. The topological polar surface area (TPSA) is 94.2 Å². The van der Waals surface area contributed by atoms with E-state index in [-0.39, 0.29) is 17.3 Å². The summed E-state index contributed by atoms with van der Waals surface area (Å²) in [6.07, 6.45) is 2.80. The maximum Gasteiger partial charge on any atom is 0.320 e. The minimum Gasteiger partial charge on any atom is -0.339 e. The van der Waals surface area contributed by atoms with E-state index in [1.807, 2.05) is 12.3 Å². The van der Waals surface area contributed by atoms with E-state index < -0.39 is 10.8 Å². The normalized spacial score (nSPS) is 12.1. The lowest BCUT2D eigenvalue weighted by molar-refractivity contribution is -0.385. The molecule has 8 nitrogen and oxygen atoms in total. The van der Waals surface area contributed by atoms with Gasteiger partial charge in [0.2, 0.25) is 5.69 Å². The summed E-state index contributed by atoms with van der Waals surface area (Å²) in [6, 6.07) is 0. The maximum atomic E-state index is 12.4. The number of amides is 1. The van der Waals surface area contributed by atoms with Crippen LogP contribution in [-0.4, -0.2) is 44.1 Å². The van der Waals surface area contributed by atoms with Crippen molar-refractivity contribution < 1.29 is 9.72 Å². The summed E-state index contributed by atoms with van der Waals surface area (Å²) in [4.78, 5) is 28.4. The lowest BCUT2D eigenvalue weighted by Crippen LogP contribution is -2.32. The molecule has 0 bridgehead atoms. The summed E-state index contributed by atoms with van der Waals surface area (Å²) in [5.41, 5.74) is -0.301. The van der Waals surface area contributed by atoms with Gasteiger partial charge in [0.15, 0.2) is 0 Å². The van der Waals surface area contributed by atoms with Gasteiger partial charge in [-0.3, -0.25) is 19.6 Å². The minimum absolute atomic E-state index is 0.0196. The summed E-state index contributed by atoms with van der Waals surface area (Å²) in [6.45, 7) is 2.38. The molecule has 0 aliphatic carbocycles. The molecule has 0 unspecified atom stereocenters. The van der Waals surface area contributed by atoms with Gasteiger partial charge < -0.3 is 4.90 Å². The van der Waals surface area contributed by atoms with E-state index in [2.05, 4.69) is 10.1 Å². The molecule has 2 aromatic heterocycles. The molecule has 2 rings (SSSR count). The number of rotatable bonds is 5. The first-order chi connectivity index (χ1) is 9.91. The molecular formula is C12H15N5O3S. The zero-order valence-corrected chi connectivity index (χ0v) is 12.7. The van der Waals surface area contributed by atoms with Crippen molar-refractivity contribution in [1.82, 2.24) is 19.7 Å². The highest BCUT2D eigenvalue weighted by Gasteiger charge is 2.28. The van der Waals surface area contributed by atoms with Crippen LogP contribution in [-0.2, 0) is 7.05 Å². The zero-order valence-electron chi connectivity index (χ0n) is 11.9. The summed E-state index contributed by atoms with van der Waals surface area (Å²) in [5.74, 6) is -0.365. The minimum atomic E-state index is -0.599. The van der Waals surface area contributed by atoms with E-state index in [4.69, 9.17) is 0 Å². The molecule has 0 aliphatic rings. The second-order valence-electron chi connectivity index (χ2n) is 4.72. The zero-order chi connectivity index (χ0) is 15.6. The van der Waals surface area contributed by atoms with Crippen LogP contribution in [0.3, 0.4) is 0 Å². The molecule has 112 valence electrons. The summed E-state index contributed by atoms with van der Waals surface area (Å²) >= 11 is 1.52. The average Bonchev–Trinajstić information content (AvgIpc) is 3.06. The van der Waals surface area contributed by atoms with Gasteiger partial charge in [-0.25, -0.2) is 4.98 Å². The van der Waals surface area contributed by atoms with Crippen molar-refractivity contribution >= 4 is 22.9 Å². The highest BCUT2D eigenvalue weighted by atomic mass is 32.1. The third kappa shape index (κ3) is 3.07. The van der Waals surface area contributed by atoms with Crippen molar-refractivity contribution in [2.75, 3.05) is 13.6 Å². The Morgan fingerprint density at radius 2 is 2.33 bits per heavy atom. The van der Waals surface area contributed by atoms with Crippen LogP contribution in [0.2, 0.25) is 0 Å². The molecule has 1 atom stereocenters. The van der Waals surface area contributed by atoms with Crippen LogP contribution in [0.15, 0.2) is 17.8 Å². The van der Waals surface area contributed by atoms with Crippen molar-refractivity contribution in [3.05, 3.63) is 38.6 Å². The Morgan fingerprint density at radius 3 is 2.90 bits per heavy atom. The van der Waals surface area contributed by atoms with Crippen molar-refractivity contribution in [3.8, 4) is 0 Å². The third-order valence-electron chi connectivity index (χ3n) is 3.09. The van der Waals surface area contributed by atoms with Gasteiger partial charge in [0.25, 0.3) is 5.91 Å². The lowest BCUT2D eigenvalue weighted by atomic mass is 10.2. The molecule has 21 heavy (non-hydrogen) atoms. The molecule has 0 aromatic carbocycles. The van der Waals surface area contributed by atoms with E-state index >= 15 is 0 Å². The van der Waals surface area contributed by atoms with Crippen LogP contribution >= 0.6 is 11.3 Å². The first-order valence-corrected chi connectivity index (χ1v) is 7.11. The van der Waals surface area contributed by atoms with Crippen molar-refractivity contribution in [2.24, 2.45) is 7.05 Å². The van der Waals surface area contributed by atoms with Crippen LogP contribution in [0, 0.1) is 10.1 Å². The number of hydrogen-bond donors (Lipinski definition) is 0. The number of aryl methyl sites for hydroxylation is 1. The fourth-order valence-corrected chi connectivity index (χ4v) is 2.73. The average molecular weight is 309 g/mol. The Balaban J connectivity index is 2.16. The fourth-order valence-electron chi connectivity index (χ4n) is 2.04. The Bertz CT molecular complexity index is 652. The van der Waals surface area contributed by atoms with E-state index in [1.54, 1.807) is 13.2 Å². The SMILES string of the molecule is C[C@H](CN(C)C(=O)c1c([N+](=O)[O-])cnn1C)c1nccs1. The predicted octanol–water partition coefficient (Wildman–Crippen LogP) is 1.66. The van der Waals surface area contributed by atoms with Crippen LogP contribution in [0.1, 0.15) is 28.3 Å². The van der Waals surface area contributed by atoms with Gasteiger partial charge in [-0.1, -0.05) is 6.92 Å². The second-order valence-corrected chi connectivity index (χ2v) is 5.64. The number of nitro groups is 1. The molecule has 0 N–H and O–H groups in total. The van der Waals surface area contributed by atoms with Gasteiger partial charge in [0.05, 0.1) is 9.93 Å². The number of carbonyl (C=O) groups is 1. The molecule has 0 saturated carbocycles. The Morgan fingerprint density at radius 1 is 1.62 bits per heavy atom. The quantitative estimate of drug-likeness (QED) is 0.618. The second kappa shape index (κ2) is 6.00. The standard InChI is InChI=1S/C12H15N5O3S/c1-8(11-13-4-5-21-11)7-15(2)12(18)10-9(17(19)20)6-14-16(10)3/h4-6,8H,7H2,1-3H3/t8-/m1/s1. The number of aromatic nitrogens is 3. The van der Waals surface area contributed by atoms with E-state index in [9.17, 15) is 14.9 Å². The van der Waals surface area contributed by atoms with Gasteiger partial charge in [0.1, 0.15) is 6.20 Å². The number of thiazole rings is 1. The fraction of sp³-hybridized carbons (Fsp3) is 0.417. The number of hydrogen-bond acceptors (Lipinski definition) is 6. The summed E-state index contributed by atoms with van der Waals surface area (Å²) < 4.78 is 1.23. The van der Waals surface area contributed by atoms with Crippen LogP contribution in [0.25, 0.3) is 0 Å². The van der Waals surface area contributed by atoms with Crippen molar-refractivity contribution in [2.45, 2.75) is 12.8 Å². The monoisotopic (exact) mass is 309 g/mol. The summed E-state index contributed by atoms with van der Waals surface area (Å²) in [7, 11) is 3.13. The molecule has 0 radical (unpaired) electrons. The van der Waals surface area contributed by atoms with E-state index in [1.165, 1.54) is 28.0 Å². The number of nitrogens with zero attached hydrogens (tertiary/aromatic N) is 5. The van der Waals surface area contributed by atoms with Crippen molar-refractivity contribution in [3.63, 3.8) is 0 Å². The number of likely N-dealkylation sites (N-methyl/N-ethyl adjacent to an activating group) is 1. The van der Waals surface area contributed by atoms with E-state index in [0.29, 0.717) is 6.54 Å².